The number of carbonyl (C=O) groups is 2. The summed E-state index contributed by atoms with van der Waals surface area (Å²) in [5.74, 6) is -1.37. The molecule has 1 heterocycles. The Labute approximate surface area is 62.4 Å². The van der Waals surface area contributed by atoms with Crippen molar-refractivity contribution in [3.8, 4) is 0 Å². The zero-order chi connectivity index (χ0) is 8.43. The SMILES string of the molecule is NC(=O)C1C(=O)C=CC=[N+]1O. The van der Waals surface area contributed by atoms with Crippen LogP contribution in [-0.2, 0) is 9.59 Å². The monoisotopic (exact) mass is 155 g/mol. The van der Waals surface area contributed by atoms with Crippen molar-refractivity contribution in [2.24, 2.45) is 5.73 Å². The van der Waals surface area contributed by atoms with Gasteiger partial charge in [-0.3, -0.25) is 14.8 Å². The summed E-state index contributed by atoms with van der Waals surface area (Å²) in [4.78, 5) is 21.4. The molecule has 0 bridgehead atoms. The lowest BCUT2D eigenvalue weighted by Crippen LogP contribution is -2.44. The first-order valence-electron chi connectivity index (χ1n) is 2.95. The number of nitrogens with two attached hydrogens (primary N) is 1. The standard InChI is InChI=1S/C6H6N2O3/c7-6(10)5-4(9)2-1-3-8(5)11/h1-3,5H,(H2-,7,9,10,11)/p+1. The van der Waals surface area contributed by atoms with Gasteiger partial charge in [0.05, 0.1) is 0 Å². The summed E-state index contributed by atoms with van der Waals surface area (Å²) in [6.45, 7) is 0. The molecular formula is C6H7N2O3+. The number of hydroxylamine groups is 1. The van der Waals surface area contributed by atoms with E-state index in [2.05, 4.69) is 0 Å². The van der Waals surface area contributed by atoms with Crippen molar-refractivity contribution in [1.29, 1.82) is 0 Å². The van der Waals surface area contributed by atoms with Gasteiger partial charge in [-0.15, -0.1) is 0 Å². The fourth-order valence-electron chi connectivity index (χ4n) is 0.804. The summed E-state index contributed by atoms with van der Waals surface area (Å²) >= 11 is 0. The van der Waals surface area contributed by atoms with Crippen molar-refractivity contribution < 1.29 is 19.5 Å². The first-order chi connectivity index (χ1) is 5.13. The highest BCUT2D eigenvalue weighted by molar-refractivity contribution is 6.10. The number of amides is 1. The molecule has 1 unspecified atom stereocenters. The number of hydrogen-bond acceptors (Lipinski definition) is 3. The molecule has 1 amide bonds. The van der Waals surface area contributed by atoms with E-state index in [1.807, 2.05) is 0 Å². The van der Waals surface area contributed by atoms with Crippen LogP contribution in [-0.4, -0.2) is 33.9 Å². The number of nitrogens with zero attached hydrogens (tertiary/aromatic N) is 1. The van der Waals surface area contributed by atoms with Gasteiger partial charge in [0.2, 0.25) is 12.0 Å². The minimum absolute atomic E-state index is 0.491. The Hall–Kier alpha value is -1.65. The van der Waals surface area contributed by atoms with Crippen LogP contribution >= 0.6 is 0 Å². The van der Waals surface area contributed by atoms with Gasteiger partial charge in [0, 0.05) is 6.08 Å². The van der Waals surface area contributed by atoms with Crippen LogP contribution < -0.4 is 5.73 Å². The van der Waals surface area contributed by atoms with Gasteiger partial charge >= 0.3 is 6.04 Å². The number of allylic oxidation sites excluding steroid dienone is 1. The Morgan fingerprint density at radius 3 is 2.73 bits per heavy atom. The summed E-state index contributed by atoms with van der Waals surface area (Å²) in [5.41, 5.74) is 4.83. The largest absolute Gasteiger partial charge is 0.363 e. The maximum absolute atomic E-state index is 10.8. The summed E-state index contributed by atoms with van der Waals surface area (Å²) in [5, 5.41) is 8.91. The number of primary amides is 1. The van der Waals surface area contributed by atoms with Crippen LogP contribution in [0.4, 0.5) is 0 Å². The van der Waals surface area contributed by atoms with Gasteiger partial charge in [-0.05, 0) is 10.8 Å². The second-order valence-corrected chi connectivity index (χ2v) is 2.10. The fraction of sp³-hybridized carbons (Fsp3) is 0.167. The zero-order valence-corrected chi connectivity index (χ0v) is 5.60. The minimum Gasteiger partial charge on any atom is -0.363 e. The van der Waals surface area contributed by atoms with Gasteiger partial charge in [-0.25, -0.2) is 0 Å². The molecule has 1 aliphatic rings. The van der Waals surface area contributed by atoms with Crippen LogP contribution in [0.1, 0.15) is 0 Å². The average Bonchev–Trinajstić information content (AvgIpc) is 1.85. The molecule has 5 heteroatoms. The maximum atomic E-state index is 10.8. The minimum atomic E-state index is -1.26. The Morgan fingerprint density at radius 1 is 1.73 bits per heavy atom. The van der Waals surface area contributed by atoms with Gasteiger partial charge in [0.1, 0.15) is 0 Å². The molecule has 3 N–H and O–H groups in total. The van der Waals surface area contributed by atoms with Gasteiger partial charge < -0.3 is 5.73 Å². The summed E-state index contributed by atoms with van der Waals surface area (Å²) in [7, 11) is 0. The average molecular weight is 155 g/mol. The smallest absolute Gasteiger partial charge is 0.339 e. The molecule has 0 aromatic heterocycles. The highest BCUT2D eigenvalue weighted by Gasteiger charge is 2.35. The van der Waals surface area contributed by atoms with E-state index in [0.717, 1.165) is 0 Å². The van der Waals surface area contributed by atoms with Crippen molar-refractivity contribution in [1.82, 2.24) is 0 Å². The lowest BCUT2D eigenvalue weighted by atomic mass is 10.1. The van der Waals surface area contributed by atoms with Crippen LogP contribution in [0.25, 0.3) is 0 Å². The van der Waals surface area contributed by atoms with E-state index < -0.39 is 17.7 Å². The normalized spacial score (nSPS) is 23.1. The van der Waals surface area contributed by atoms with E-state index in [1.165, 1.54) is 18.4 Å². The molecule has 0 saturated heterocycles. The second kappa shape index (κ2) is 2.53. The summed E-state index contributed by atoms with van der Waals surface area (Å²) < 4.78 is 0.491. The third-order valence-corrected chi connectivity index (χ3v) is 1.30. The predicted molar refractivity (Wildman–Crippen MR) is 35.2 cm³/mol. The van der Waals surface area contributed by atoms with Crippen LogP contribution in [0, 0.1) is 0 Å². The molecule has 0 radical (unpaired) electrons. The molecule has 0 spiro atoms. The van der Waals surface area contributed by atoms with Crippen LogP contribution in [0.2, 0.25) is 0 Å². The number of rotatable bonds is 1. The molecular weight excluding hydrogens is 148 g/mol. The maximum Gasteiger partial charge on any atom is 0.339 e. The first-order valence-corrected chi connectivity index (χ1v) is 2.95. The molecule has 0 saturated carbocycles. The van der Waals surface area contributed by atoms with Gasteiger partial charge in [-0.2, -0.15) is 0 Å². The van der Waals surface area contributed by atoms with Crippen molar-refractivity contribution >= 4 is 17.9 Å². The molecule has 1 atom stereocenters. The van der Waals surface area contributed by atoms with Crippen molar-refractivity contribution in [2.45, 2.75) is 6.04 Å². The lowest BCUT2D eigenvalue weighted by Gasteiger charge is -2.03. The third kappa shape index (κ3) is 1.26. The van der Waals surface area contributed by atoms with Crippen molar-refractivity contribution in [3.63, 3.8) is 0 Å². The summed E-state index contributed by atoms with van der Waals surface area (Å²) in [6, 6.07) is -1.26. The zero-order valence-electron chi connectivity index (χ0n) is 5.60. The van der Waals surface area contributed by atoms with Crippen molar-refractivity contribution in [3.05, 3.63) is 12.2 Å². The predicted octanol–water partition coefficient (Wildman–Crippen LogP) is -1.55. The first kappa shape index (κ1) is 7.46. The third-order valence-electron chi connectivity index (χ3n) is 1.30. The number of ketones is 1. The van der Waals surface area contributed by atoms with Crippen LogP contribution in [0.15, 0.2) is 12.2 Å². The molecule has 0 aromatic rings. The Balaban J connectivity index is 2.95. The molecule has 58 valence electrons. The molecule has 1 rings (SSSR count). The number of hydrogen-bond donors (Lipinski definition) is 2. The quantitative estimate of drug-likeness (QED) is 0.273. The molecule has 0 aromatic carbocycles. The van der Waals surface area contributed by atoms with Crippen LogP contribution in [0.3, 0.4) is 0 Å². The van der Waals surface area contributed by atoms with E-state index in [-0.39, 0.29) is 0 Å². The lowest BCUT2D eigenvalue weighted by molar-refractivity contribution is -0.777. The molecule has 5 nitrogen and oxygen atoms in total. The van der Waals surface area contributed by atoms with Gasteiger partial charge in [0.15, 0.2) is 0 Å². The summed E-state index contributed by atoms with van der Waals surface area (Å²) in [6.07, 6.45) is 3.71. The Bertz CT molecular complexity index is 267. The van der Waals surface area contributed by atoms with E-state index in [4.69, 9.17) is 10.9 Å². The van der Waals surface area contributed by atoms with Crippen molar-refractivity contribution in [2.75, 3.05) is 0 Å². The van der Waals surface area contributed by atoms with E-state index in [1.54, 1.807) is 0 Å². The molecule has 0 aliphatic carbocycles. The Morgan fingerprint density at radius 2 is 2.36 bits per heavy atom. The van der Waals surface area contributed by atoms with E-state index >= 15 is 0 Å². The molecule has 1 aliphatic heterocycles. The highest BCUT2D eigenvalue weighted by Crippen LogP contribution is 1.96. The van der Waals surface area contributed by atoms with E-state index in [9.17, 15) is 9.59 Å². The second-order valence-electron chi connectivity index (χ2n) is 2.10. The van der Waals surface area contributed by atoms with Crippen LogP contribution in [0.5, 0.6) is 0 Å². The molecule has 11 heavy (non-hydrogen) atoms. The highest BCUT2D eigenvalue weighted by atomic mass is 16.5. The fourth-order valence-corrected chi connectivity index (χ4v) is 0.804. The Kier molecular flexibility index (Phi) is 1.72. The van der Waals surface area contributed by atoms with Gasteiger partial charge in [0.25, 0.3) is 5.91 Å². The van der Waals surface area contributed by atoms with Gasteiger partial charge in [-0.1, -0.05) is 0 Å². The van der Waals surface area contributed by atoms with E-state index in [0.29, 0.717) is 4.74 Å². The topological polar surface area (TPSA) is 83.4 Å². The molecule has 0 fully saturated rings. The number of carbonyl (C=O) groups excluding carboxylic acids is 2.